The van der Waals surface area contributed by atoms with E-state index < -0.39 is 6.04 Å². The zero-order valence-corrected chi connectivity index (χ0v) is 21.5. The summed E-state index contributed by atoms with van der Waals surface area (Å²) in [6.45, 7) is 8.98. The zero-order valence-electron chi connectivity index (χ0n) is 21.5. The minimum Gasteiger partial charge on any atom is -0.489 e. The Hall–Kier alpha value is -4.39. The normalized spacial score (nSPS) is 15.1. The van der Waals surface area contributed by atoms with Crippen LogP contribution in [0.3, 0.4) is 0 Å². The molecule has 0 saturated carbocycles. The molecule has 1 aliphatic heterocycles. The predicted octanol–water partition coefficient (Wildman–Crippen LogP) is 6.08. The lowest BCUT2D eigenvalue weighted by molar-refractivity contribution is -0.113. The molecule has 1 atom stereocenters. The Morgan fingerprint density at radius 3 is 2.38 bits per heavy atom. The molecular formula is C30H31N5O2. The largest absolute Gasteiger partial charge is 0.489 e. The van der Waals surface area contributed by atoms with Crippen LogP contribution in [-0.4, -0.2) is 20.7 Å². The molecule has 5 rings (SSSR count). The number of carbonyl (C=O) groups is 1. The van der Waals surface area contributed by atoms with Crippen LogP contribution in [0.2, 0.25) is 0 Å². The molecule has 0 spiro atoms. The van der Waals surface area contributed by atoms with E-state index in [1.807, 2.05) is 61.5 Å². The topological polar surface area (TPSA) is 81.1 Å². The minimum absolute atomic E-state index is 0.122. The van der Waals surface area contributed by atoms with Gasteiger partial charge in [0.2, 0.25) is 5.95 Å². The van der Waals surface area contributed by atoms with Gasteiger partial charge in [-0.3, -0.25) is 4.79 Å². The highest BCUT2D eigenvalue weighted by Gasteiger charge is 2.33. The summed E-state index contributed by atoms with van der Waals surface area (Å²) in [6, 6.07) is 25.3. The van der Waals surface area contributed by atoms with E-state index in [4.69, 9.17) is 4.74 Å². The number of hydrogen-bond acceptors (Lipinski definition) is 5. The van der Waals surface area contributed by atoms with Gasteiger partial charge >= 0.3 is 0 Å². The van der Waals surface area contributed by atoms with Crippen LogP contribution in [0.15, 0.2) is 96.5 Å². The molecule has 1 amide bonds. The number of ether oxygens (including phenoxy) is 1. The van der Waals surface area contributed by atoms with Crippen LogP contribution >= 0.6 is 0 Å². The molecule has 7 heteroatoms. The van der Waals surface area contributed by atoms with Crippen LogP contribution in [0.1, 0.15) is 50.4 Å². The number of benzene rings is 3. The van der Waals surface area contributed by atoms with Gasteiger partial charge in [-0.2, -0.15) is 10.1 Å². The molecule has 0 fully saturated rings. The molecular weight excluding hydrogens is 462 g/mol. The quantitative estimate of drug-likeness (QED) is 0.340. The first-order valence-electron chi connectivity index (χ1n) is 12.4. The van der Waals surface area contributed by atoms with Gasteiger partial charge in [-0.05, 0) is 53.3 Å². The molecule has 2 heterocycles. The number of allylic oxidation sites excluding steroid dienone is 1. The molecule has 0 aliphatic carbocycles. The molecule has 0 radical (unpaired) electrons. The number of nitrogens with zero attached hydrogens (tertiary/aromatic N) is 3. The van der Waals surface area contributed by atoms with Gasteiger partial charge in [-0.25, -0.2) is 4.68 Å². The third kappa shape index (κ3) is 5.26. The Kier molecular flexibility index (Phi) is 6.53. The van der Waals surface area contributed by atoms with Crippen molar-refractivity contribution in [3.63, 3.8) is 0 Å². The maximum Gasteiger partial charge on any atom is 0.255 e. The van der Waals surface area contributed by atoms with E-state index in [1.165, 1.54) is 11.9 Å². The fraction of sp³-hybridized carbons (Fsp3) is 0.233. The number of fused-ring (bicyclic) bond motifs is 1. The molecule has 0 saturated heterocycles. The number of hydrogen-bond donors (Lipinski definition) is 2. The number of para-hydroxylation sites is 1. The van der Waals surface area contributed by atoms with Gasteiger partial charge in [-0.15, -0.1) is 0 Å². The van der Waals surface area contributed by atoms with E-state index in [0.717, 1.165) is 28.3 Å². The Balaban J connectivity index is 1.35. The zero-order chi connectivity index (χ0) is 26.0. The molecule has 0 bridgehead atoms. The number of rotatable bonds is 6. The van der Waals surface area contributed by atoms with Crippen molar-refractivity contribution in [3.05, 3.63) is 113 Å². The minimum atomic E-state index is -0.429. The second-order valence-corrected chi connectivity index (χ2v) is 10.2. The van der Waals surface area contributed by atoms with Gasteiger partial charge in [0.25, 0.3) is 5.91 Å². The van der Waals surface area contributed by atoms with Gasteiger partial charge in [0.1, 0.15) is 24.7 Å². The highest BCUT2D eigenvalue weighted by atomic mass is 16.5. The van der Waals surface area contributed by atoms with Gasteiger partial charge in [0.15, 0.2) is 0 Å². The van der Waals surface area contributed by atoms with Crippen LogP contribution in [0.4, 0.5) is 11.6 Å². The summed E-state index contributed by atoms with van der Waals surface area (Å²) in [6.07, 6.45) is 1.49. The van der Waals surface area contributed by atoms with E-state index in [1.54, 1.807) is 4.68 Å². The first-order valence-corrected chi connectivity index (χ1v) is 12.4. The summed E-state index contributed by atoms with van der Waals surface area (Å²) in [5.41, 5.74) is 5.49. The molecule has 3 aromatic carbocycles. The predicted molar refractivity (Wildman–Crippen MR) is 145 cm³/mol. The number of anilines is 2. The molecule has 1 aliphatic rings. The highest BCUT2D eigenvalue weighted by Crippen LogP contribution is 2.36. The lowest BCUT2D eigenvalue weighted by Crippen LogP contribution is -2.31. The molecule has 4 aromatic rings. The van der Waals surface area contributed by atoms with Crippen molar-refractivity contribution in [1.82, 2.24) is 14.8 Å². The van der Waals surface area contributed by atoms with Crippen molar-refractivity contribution < 1.29 is 9.53 Å². The van der Waals surface area contributed by atoms with E-state index in [-0.39, 0.29) is 11.3 Å². The van der Waals surface area contributed by atoms with Crippen LogP contribution < -0.4 is 15.4 Å². The van der Waals surface area contributed by atoms with Gasteiger partial charge in [-0.1, -0.05) is 75.4 Å². The average Bonchev–Trinajstić information content (AvgIpc) is 3.35. The fourth-order valence-electron chi connectivity index (χ4n) is 4.43. The standard InChI is InChI=1S/C30H31N5O2/c1-20-26(28(36)34-24-8-6-5-7-9-24)27(35-29(33-20)31-19-32-35)22-12-16-25(17-13-22)37-18-21-10-14-23(15-11-21)30(2,3)4/h5-17,19,27H,18H2,1-4H3,(H,34,36)(H,31,32,33). The molecule has 1 unspecified atom stereocenters. The van der Waals surface area contributed by atoms with E-state index in [0.29, 0.717) is 18.1 Å². The van der Waals surface area contributed by atoms with Crippen LogP contribution in [-0.2, 0) is 16.8 Å². The van der Waals surface area contributed by atoms with Crippen molar-refractivity contribution in [3.8, 4) is 5.75 Å². The van der Waals surface area contributed by atoms with Crippen LogP contribution in [0.25, 0.3) is 0 Å². The van der Waals surface area contributed by atoms with Crippen molar-refractivity contribution in [2.45, 2.75) is 45.8 Å². The Morgan fingerprint density at radius 1 is 1.00 bits per heavy atom. The van der Waals surface area contributed by atoms with E-state index in [2.05, 4.69) is 65.8 Å². The second kappa shape index (κ2) is 9.93. The summed E-state index contributed by atoms with van der Waals surface area (Å²) in [5, 5.41) is 10.6. The van der Waals surface area contributed by atoms with Gasteiger partial charge < -0.3 is 15.4 Å². The Morgan fingerprint density at radius 2 is 1.70 bits per heavy atom. The molecule has 188 valence electrons. The van der Waals surface area contributed by atoms with E-state index in [9.17, 15) is 4.79 Å². The van der Waals surface area contributed by atoms with Gasteiger partial charge in [0.05, 0.1) is 5.57 Å². The van der Waals surface area contributed by atoms with Crippen molar-refractivity contribution in [2.75, 3.05) is 10.6 Å². The summed E-state index contributed by atoms with van der Waals surface area (Å²) in [4.78, 5) is 17.7. The fourth-order valence-corrected chi connectivity index (χ4v) is 4.43. The first-order chi connectivity index (χ1) is 17.8. The summed E-state index contributed by atoms with van der Waals surface area (Å²) < 4.78 is 7.79. The van der Waals surface area contributed by atoms with Gasteiger partial charge in [0, 0.05) is 11.4 Å². The second-order valence-electron chi connectivity index (χ2n) is 10.2. The third-order valence-electron chi connectivity index (χ3n) is 6.49. The summed E-state index contributed by atoms with van der Waals surface area (Å²) in [7, 11) is 0. The summed E-state index contributed by atoms with van der Waals surface area (Å²) in [5.74, 6) is 1.16. The molecule has 37 heavy (non-hydrogen) atoms. The lowest BCUT2D eigenvalue weighted by Gasteiger charge is -2.28. The van der Waals surface area contributed by atoms with Crippen LogP contribution in [0, 0.1) is 0 Å². The monoisotopic (exact) mass is 493 g/mol. The van der Waals surface area contributed by atoms with Crippen molar-refractivity contribution in [1.29, 1.82) is 0 Å². The average molecular weight is 494 g/mol. The SMILES string of the molecule is CC1=C(C(=O)Nc2ccccc2)C(c2ccc(OCc3ccc(C(C)(C)C)cc3)cc2)n2ncnc2N1. The number of carbonyl (C=O) groups excluding carboxylic acids is 1. The molecule has 2 N–H and O–H groups in total. The summed E-state index contributed by atoms with van der Waals surface area (Å²) >= 11 is 0. The molecule has 7 nitrogen and oxygen atoms in total. The maximum absolute atomic E-state index is 13.4. The van der Waals surface area contributed by atoms with Crippen LogP contribution in [0.5, 0.6) is 5.75 Å². The van der Waals surface area contributed by atoms with Crippen molar-refractivity contribution >= 4 is 17.5 Å². The Labute approximate surface area is 217 Å². The highest BCUT2D eigenvalue weighted by molar-refractivity contribution is 6.06. The number of nitrogens with one attached hydrogen (secondary N) is 2. The van der Waals surface area contributed by atoms with E-state index >= 15 is 0 Å². The smallest absolute Gasteiger partial charge is 0.255 e. The number of amides is 1. The number of aromatic nitrogens is 3. The third-order valence-corrected chi connectivity index (χ3v) is 6.49. The first kappa shape index (κ1) is 24.3. The molecule has 1 aromatic heterocycles. The maximum atomic E-state index is 13.4. The van der Waals surface area contributed by atoms with Crippen molar-refractivity contribution in [2.24, 2.45) is 0 Å². The lowest BCUT2D eigenvalue weighted by atomic mass is 9.87. The Bertz CT molecular complexity index is 1420.